The summed E-state index contributed by atoms with van der Waals surface area (Å²) >= 11 is 0. The van der Waals surface area contributed by atoms with Crippen molar-refractivity contribution in [3.05, 3.63) is 35.4 Å². The van der Waals surface area contributed by atoms with Crippen molar-refractivity contribution in [3.63, 3.8) is 0 Å². The number of carboxylic acids is 1. The van der Waals surface area contributed by atoms with Gasteiger partial charge in [-0.3, -0.25) is 4.79 Å². The second-order valence-electron chi connectivity index (χ2n) is 5.14. The van der Waals surface area contributed by atoms with Crippen molar-refractivity contribution in [2.45, 2.75) is 25.7 Å². The quantitative estimate of drug-likeness (QED) is 0.783. The minimum atomic E-state index is -0.583. The Morgan fingerprint density at radius 2 is 1.56 bits per heavy atom. The van der Waals surface area contributed by atoms with Gasteiger partial charge in [0.05, 0.1) is 5.92 Å². The van der Waals surface area contributed by atoms with E-state index < -0.39 is 5.97 Å². The van der Waals surface area contributed by atoms with Crippen molar-refractivity contribution >= 4 is 5.97 Å². The van der Waals surface area contributed by atoms with Gasteiger partial charge in [-0.1, -0.05) is 24.3 Å². The molecule has 2 unspecified atom stereocenters. The van der Waals surface area contributed by atoms with E-state index in [1.54, 1.807) is 0 Å². The van der Waals surface area contributed by atoms with E-state index in [-0.39, 0.29) is 5.92 Å². The smallest absolute Gasteiger partial charge is 0.307 e. The third-order valence-corrected chi connectivity index (χ3v) is 4.29. The van der Waals surface area contributed by atoms with Gasteiger partial charge in [0.2, 0.25) is 0 Å². The Hall–Kier alpha value is -1.31. The average molecular weight is 216 g/mol. The predicted octanol–water partition coefficient (Wildman–Crippen LogP) is 2.51. The Labute approximate surface area is 95.3 Å². The summed E-state index contributed by atoms with van der Waals surface area (Å²) in [5.41, 5.74) is 2.75. The van der Waals surface area contributed by atoms with Crippen molar-refractivity contribution in [2.75, 3.05) is 0 Å². The Kier molecular flexibility index (Phi) is 2.23. The molecule has 16 heavy (non-hydrogen) atoms. The SMILES string of the molecule is O=C(O)C1C2CCC1Cc1ccccc1C2. The van der Waals surface area contributed by atoms with Gasteiger partial charge in [-0.2, -0.15) is 0 Å². The van der Waals surface area contributed by atoms with Gasteiger partial charge in [-0.15, -0.1) is 0 Å². The molecule has 0 radical (unpaired) electrons. The van der Waals surface area contributed by atoms with E-state index in [0.717, 1.165) is 25.7 Å². The lowest BCUT2D eigenvalue weighted by molar-refractivity contribution is -0.144. The molecule has 2 nitrogen and oxygen atoms in total. The van der Waals surface area contributed by atoms with Crippen LogP contribution in [0.4, 0.5) is 0 Å². The Bertz CT molecular complexity index is 391. The fourth-order valence-corrected chi connectivity index (χ4v) is 3.55. The van der Waals surface area contributed by atoms with Crippen LogP contribution in [0.25, 0.3) is 0 Å². The van der Waals surface area contributed by atoms with Gasteiger partial charge in [0.15, 0.2) is 0 Å². The minimum absolute atomic E-state index is 0.104. The number of aliphatic carboxylic acids is 1. The third kappa shape index (κ3) is 1.44. The highest BCUT2D eigenvalue weighted by molar-refractivity contribution is 5.71. The number of carboxylic acid groups (broad SMARTS) is 1. The molecule has 2 bridgehead atoms. The molecular weight excluding hydrogens is 200 g/mol. The van der Waals surface area contributed by atoms with E-state index >= 15 is 0 Å². The van der Waals surface area contributed by atoms with Crippen LogP contribution in [0.5, 0.6) is 0 Å². The zero-order valence-electron chi connectivity index (χ0n) is 9.23. The molecule has 0 amide bonds. The van der Waals surface area contributed by atoms with Crippen molar-refractivity contribution in [1.29, 1.82) is 0 Å². The number of benzene rings is 1. The van der Waals surface area contributed by atoms with Crippen molar-refractivity contribution in [3.8, 4) is 0 Å². The molecule has 1 aromatic rings. The Morgan fingerprint density at radius 1 is 1.06 bits per heavy atom. The molecule has 0 aromatic heterocycles. The highest BCUT2D eigenvalue weighted by Crippen LogP contribution is 2.44. The van der Waals surface area contributed by atoms with E-state index in [9.17, 15) is 9.90 Å². The lowest BCUT2D eigenvalue weighted by Crippen LogP contribution is -2.24. The molecule has 0 aliphatic heterocycles. The Balaban J connectivity index is 1.99. The van der Waals surface area contributed by atoms with Crippen LogP contribution >= 0.6 is 0 Å². The van der Waals surface area contributed by atoms with E-state index in [4.69, 9.17) is 0 Å². The number of hydrogen-bond donors (Lipinski definition) is 1. The van der Waals surface area contributed by atoms with Crippen LogP contribution in [0.3, 0.4) is 0 Å². The van der Waals surface area contributed by atoms with E-state index in [0.29, 0.717) is 11.8 Å². The maximum Gasteiger partial charge on any atom is 0.307 e. The molecule has 1 saturated carbocycles. The van der Waals surface area contributed by atoms with Gasteiger partial charge < -0.3 is 5.11 Å². The maximum atomic E-state index is 11.3. The normalized spacial score (nSPS) is 31.9. The second kappa shape index (κ2) is 3.62. The molecule has 0 spiro atoms. The van der Waals surface area contributed by atoms with Crippen molar-refractivity contribution in [2.24, 2.45) is 17.8 Å². The highest BCUT2D eigenvalue weighted by atomic mass is 16.4. The summed E-state index contributed by atoms with van der Waals surface area (Å²) in [5, 5.41) is 9.32. The van der Waals surface area contributed by atoms with E-state index in [2.05, 4.69) is 24.3 Å². The van der Waals surface area contributed by atoms with Crippen LogP contribution in [0, 0.1) is 17.8 Å². The van der Waals surface area contributed by atoms with Crippen LogP contribution in [0.2, 0.25) is 0 Å². The standard InChI is InChI=1S/C14H16O2/c15-14(16)13-11-5-6-12(13)8-10-4-2-1-3-9(10)7-11/h1-4,11-13H,5-8H2,(H,15,16). The third-order valence-electron chi connectivity index (χ3n) is 4.29. The van der Waals surface area contributed by atoms with Crippen LogP contribution < -0.4 is 0 Å². The molecule has 84 valence electrons. The first kappa shape index (κ1) is 9.88. The molecular formula is C14H16O2. The number of fused-ring (bicyclic) bond motifs is 3. The summed E-state index contributed by atoms with van der Waals surface area (Å²) in [6.45, 7) is 0. The van der Waals surface area contributed by atoms with E-state index in [1.165, 1.54) is 11.1 Å². The number of rotatable bonds is 1. The fourth-order valence-electron chi connectivity index (χ4n) is 3.55. The topological polar surface area (TPSA) is 37.3 Å². The molecule has 1 fully saturated rings. The van der Waals surface area contributed by atoms with Crippen LogP contribution in [-0.2, 0) is 17.6 Å². The highest BCUT2D eigenvalue weighted by Gasteiger charge is 2.42. The number of hydrogen-bond acceptors (Lipinski definition) is 1. The van der Waals surface area contributed by atoms with Crippen LogP contribution in [-0.4, -0.2) is 11.1 Å². The number of carbonyl (C=O) groups is 1. The van der Waals surface area contributed by atoms with Gasteiger partial charge in [0.25, 0.3) is 0 Å². The lowest BCUT2D eigenvalue weighted by atomic mass is 9.88. The molecule has 2 aliphatic carbocycles. The first-order valence-electron chi connectivity index (χ1n) is 6.05. The molecule has 2 heteroatoms. The summed E-state index contributed by atoms with van der Waals surface area (Å²) < 4.78 is 0. The lowest BCUT2D eigenvalue weighted by Gasteiger charge is -2.16. The second-order valence-corrected chi connectivity index (χ2v) is 5.14. The molecule has 1 N–H and O–H groups in total. The largest absolute Gasteiger partial charge is 0.481 e. The first-order valence-corrected chi connectivity index (χ1v) is 6.05. The van der Waals surface area contributed by atoms with Crippen molar-refractivity contribution < 1.29 is 9.90 Å². The molecule has 3 rings (SSSR count). The molecule has 0 saturated heterocycles. The van der Waals surface area contributed by atoms with Gasteiger partial charge in [0.1, 0.15) is 0 Å². The van der Waals surface area contributed by atoms with Crippen LogP contribution in [0.15, 0.2) is 24.3 Å². The Morgan fingerprint density at radius 3 is 2.00 bits per heavy atom. The summed E-state index contributed by atoms with van der Waals surface area (Å²) in [6.07, 6.45) is 4.11. The average Bonchev–Trinajstić information content (AvgIpc) is 2.55. The summed E-state index contributed by atoms with van der Waals surface area (Å²) in [5.74, 6) is 0.0463. The summed E-state index contributed by atoms with van der Waals surface area (Å²) in [7, 11) is 0. The van der Waals surface area contributed by atoms with Gasteiger partial charge in [0, 0.05) is 0 Å². The van der Waals surface area contributed by atoms with Crippen molar-refractivity contribution in [1.82, 2.24) is 0 Å². The van der Waals surface area contributed by atoms with Gasteiger partial charge in [-0.05, 0) is 48.6 Å². The zero-order chi connectivity index (χ0) is 11.1. The van der Waals surface area contributed by atoms with Gasteiger partial charge in [-0.25, -0.2) is 0 Å². The summed E-state index contributed by atoms with van der Waals surface area (Å²) in [4.78, 5) is 11.3. The van der Waals surface area contributed by atoms with E-state index in [1.807, 2.05) is 0 Å². The zero-order valence-corrected chi connectivity index (χ0v) is 9.23. The first-order chi connectivity index (χ1) is 7.75. The molecule has 1 aromatic carbocycles. The molecule has 2 atom stereocenters. The van der Waals surface area contributed by atoms with Crippen LogP contribution in [0.1, 0.15) is 24.0 Å². The monoisotopic (exact) mass is 216 g/mol. The maximum absolute atomic E-state index is 11.3. The molecule has 0 heterocycles. The summed E-state index contributed by atoms with van der Waals surface area (Å²) in [6, 6.07) is 8.45. The predicted molar refractivity (Wildman–Crippen MR) is 61.2 cm³/mol. The van der Waals surface area contributed by atoms with Gasteiger partial charge >= 0.3 is 5.97 Å². The fraction of sp³-hybridized carbons (Fsp3) is 0.500. The minimum Gasteiger partial charge on any atom is -0.481 e. The molecule has 2 aliphatic rings.